The van der Waals surface area contributed by atoms with E-state index >= 15 is 0 Å². The highest BCUT2D eigenvalue weighted by Gasteiger charge is 2.36. The van der Waals surface area contributed by atoms with E-state index in [-0.39, 0.29) is 29.5 Å². The van der Waals surface area contributed by atoms with Crippen LogP contribution in [0.4, 0.5) is 4.39 Å². The summed E-state index contributed by atoms with van der Waals surface area (Å²) in [6.45, 7) is 11.0. The van der Waals surface area contributed by atoms with Gasteiger partial charge in [-0.2, -0.15) is 0 Å². The summed E-state index contributed by atoms with van der Waals surface area (Å²) in [6.07, 6.45) is 4.33. The molecular formula is C31H31FO4. The van der Waals surface area contributed by atoms with E-state index in [1.807, 2.05) is 38.1 Å². The van der Waals surface area contributed by atoms with Crippen molar-refractivity contribution in [3.63, 3.8) is 0 Å². The van der Waals surface area contributed by atoms with Gasteiger partial charge in [0.15, 0.2) is 5.78 Å². The SMILES string of the molecule is C=C1CCOC(C)C2=Cc3c(oc(-c4ccc(Oc5ccc(F)cc5)cc4)c3C(=O)C(C)CC)CC12. The van der Waals surface area contributed by atoms with Crippen molar-refractivity contribution in [2.24, 2.45) is 11.8 Å². The molecule has 0 radical (unpaired) electrons. The van der Waals surface area contributed by atoms with Gasteiger partial charge in [0.05, 0.1) is 18.3 Å². The Morgan fingerprint density at radius 1 is 1.14 bits per heavy atom. The monoisotopic (exact) mass is 486 g/mol. The van der Waals surface area contributed by atoms with Crippen molar-refractivity contribution in [2.75, 3.05) is 6.61 Å². The van der Waals surface area contributed by atoms with Crippen molar-refractivity contribution in [1.82, 2.24) is 0 Å². The van der Waals surface area contributed by atoms with Crippen molar-refractivity contribution in [1.29, 1.82) is 0 Å². The average molecular weight is 487 g/mol. The van der Waals surface area contributed by atoms with E-state index in [2.05, 4.69) is 19.6 Å². The Morgan fingerprint density at radius 3 is 2.47 bits per heavy atom. The number of hydrogen-bond acceptors (Lipinski definition) is 4. The molecule has 1 fully saturated rings. The van der Waals surface area contributed by atoms with Crippen LogP contribution in [0, 0.1) is 17.7 Å². The van der Waals surface area contributed by atoms with Gasteiger partial charge in [-0.1, -0.05) is 26.0 Å². The minimum absolute atomic E-state index is 0.0322. The van der Waals surface area contributed by atoms with E-state index < -0.39 is 0 Å². The molecule has 2 aliphatic rings. The maximum absolute atomic E-state index is 13.6. The van der Waals surface area contributed by atoms with Gasteiger partial charge in [-0.15, -0.1) is 0 Å². The summed E-state index contributed by atoms with van der Waals surface area (Å²) in [5, 5.41) is 0. The summed E-state index contributed by atoms with van der Waals surface area (Å²) in [6, 6.07) is 13.3. The predicted octanol–water partition coefficient (Wildman–Crippen LogP) is 8.03. The Hall–Kier alpha value is -3.44. The topological polar surface area (TPSA) is 48.7 Å². The van der Waals surface area contributed by atoms with Crippen LogP contribution >= 0.6 is 0 Å². The number of halogens is 1. The van der Waals surface area contributed by atoms with Gasteiger partial charge in [0.1, 0.15) is 28.8 Å². The predicted molar refractivity (Wildman–Crippen MR) is 139 cm³/mol. The first-order valence-corrected chi connectivity index (χ1v) is 12.6. The zero-order valence-electron chi connectivity index (χ0n) is 21.0. The van der Waals surface area contributed by atoms with Crippen LogP contribution in [0.25, 0.3) is 17.4 Å². The number of Topliss-reactive ketones (excluding diaryl/α,β-unsaturated/α-hetero) is 1. The molecule has 1 aliphatic carbocycles. The van der Waals surface area contributed by atoms with Gasteiger partial charge in [-0.3, -0.25) is 4.79 Å². The van der Waals surface area contributed by atoms with Crippen LogP contribution in [0.5, 0.6) is 11.5 Å². The van der Waals surface area contributed by atoms with E-state index in [4.69, 9.17) is 13.9 Å². The molecule has 1 aliphatic heterocycles. The fourth-order valence-electron chi connectivity index (χ4n) is 4.98. The molecule has 1 aromatic heterocycles. The van der Waals surface area contributed by atoms with Gasteiger partial charge in [0.2, 0.25) is 0 Å². The summed E-state index contributed by atoms with van der Waals surface area (Å²) in [7, 11) is 0. The number of ketones is 1. The molecule has 3 atom stereocenters. The number of carbonyl (C=O) groups excluding carboxylic acids is 1. The molecule has 0 saturated carbocycles. The molecule has 0 spiro atoms. The quantitative estimate of drug-likeness (QED) is 0.261. The maximum atomic E-state index is 13.6. The highest BCUT2D eigenvalue weighted by atomic mass is 19.1. The molecule has 4 nitrogen and oxygen atoms in total. The van der Waals surface area contributed by atoms with Crippen LogP contribution in [0.3, 0.4) is 0 Å². The van der Waals surface area contributed by atoms with Crippen LogP contribution in [0.15, 0.2) is 70.7 Å². The number of rotatable bonds is 6. The minimum atomic E-state index is -0.312. The third-order valence-electron chi connectivity index (χ3n) is 7.35. The number of furan rings is 1. The smallest absolute Gasteiger partial charge is 0.170 e. The number of benzene rings is 2. The summed E-state index contributed by atoms with van der Waals surface area (Å²) < 4.78 is 31.5. The van der Waals surface area contributed by atoms with Crippen LogP contribution in [-0.4, -0.2) is 18.5 Å². The van der Waals surface area contributed by atoms with Gasteiger partial charge < -0.3 is 13.9 Å². The van der Waals surface area contributed by atoms with Crippen molar-refractivity contribution >= 4 is 11.9 Å². The van der Waals surface area contributed by atoms with Gasteiger partial charge in [-0.25, -0.2) is 4.39 Å². The van der Waals surface area contributed by atoms with Crippen molar-refractivity contribution in [2.45, 2.75) is 46.1 Å². The minimum Gasteiger partial charge on any atom is -0.460 e. The van der Waals surface area contributed by atoms with Gasteiger partial charge >= 0.3 is 0 Å². The lowest BCUT2D eigenvalue weighted by Crippen LogP contribution is -2.21. The molecule has 3 unspecified atom stereocenters. The molecule has 5 heteroatoms. The molecule has 0 bridgehead atoms. The van der Waals surface area contributed by atoms with Crippen LogP contribution in [0.2, 0.25) is 0 Å². The Kier molecular flexibility index (Phi) is 6.67. The Morgan fingerprint density at radius 2 is 1.81 bits per heavy atom. The van der Waals surface area contributed by atoms with Crippen molar-refractivity contribution in [3.8, 4) is 22.8 Å². The second-order valence-corrected chi connectivity index (χ2v) is 9.72. The maximum Gasteiger partial charge on any atom is 0.170 e. The first-order valence-electron chi connectivity index (χ1n) is 12.6. The third kappa shape index (κ3) is 4.56. The average Bonchev–Trinajstić information content (AvgIpc) is 3.20. The molecule has 186 valence electrons. The standard InChI is InChI=1S/C31H31FO4/c1-5-18(2)30(33)29-27-16-26-20(4)34-15-14-19(3)25(26)17-28(27)36-31(29)21-6-10-23(11-7-21)35-24-12-8-22(32)9-13-24/h6-13,16,18,20,25H,3,5,14-15,17H2,1-2,4H3. The normalized spacial score (nSPS) is 20.1. The number of fused-ring (bicyclic) bond motifs is 2. The lowest BCUT2D eigenvalue weighted by Gasteiger charge is -2.26. The first kappa shape index (κ1) is 24.3. The molecule has 0 N–H and O–H groups in total. The van der Waals surface area contributed by atoms with Crippen LogP contribution in [0.1, 0.15) is 55.3 Å². The molecular weight excluding hydrogens is 455 g/mol. The number of ether oxygens (including phenoxy) is 2. The third-order valence-corrected chi connectivity index (χ3v) is 7.35. The van der Waals surface area contributed by atoms with Gasteiger partial charge in [0.25, 0.3) is 0 Å². The fraction of sp³-hybridized carbons (Fsp3) is 0.323. The largest absolute Gasteiger partial charge is 0.460 e. The molecule has 2 aromatic carbocycles. The molecule has 0 amide bonds. The molecule has 2 heterocycles. The Balaban J connectivity index is 1.55. The van der Waals surface area contributed by atoms with E-state index in [0.717, 1.165) is 35.3 Å². The second-order valence-electron chi connectivity index (χ2n) is 9.72. The van der Waals surface area contributed by atoms with Gasteiger partial charge in [-0.05, 0) is 79.9 Å². The van der Waals surface area contributed by atoms with Crippen LogP contribution in [-0.2, 0) is 11.2 Å². The van der Waals surface area contributed by atoms with Crippen molar-refractivity contribution in [3.05, 3.63) is 89.0 Å². The Labute approximate surface area is 211 Å². The summed E-state index contributed by atoms with van der Waals surface area (Å²) in [5.74, 6) is 2.38. The van der Waals surface area contributed by atoms with Crippen molar-refractivity contribution < 1.29 is 23.1 Å². The zero-order valence-corrected chi connectivity index (χ0v) is 21.0. The molecule has 1 saturated heterocycles. The number of carbonyl (C=O) groups is 1. The zero-order chi connectivity index (χ0) is 25.4. The molecule has 3 aromatic rings. The van der Waals surface area contributed by atoms with E-state index in [0.29, 0.717) is 35.9 Å². The van der Waals surface area contributed by atoms with Crippen LogP contribution < -0.4 is 4.74 Å². The Bertz CT molecular complexity index is 1310. The molecule has 36 heavy (non-hydrogen) atoms. The lowest BCUT2D eigenvalue weighted by molar-refractivity contribution is 0.0926. The van der Waals surface area contributed by atoms with E-state index in [1.165, 1.54) is 17.7 Å². The summed E-state index contributed by atoms with van der Waals surface area (Å²) in [5.41, 5.74) is 4.63. The van der Waals surface area contributed by atoms with E-state index in [9.17, 15) is 9.18 Å². The first-order chi connectivity index (χ1) is 17.4. The second kappa shape index (κ2) is 9.90. The van der Waals surface area contributed by atoms with Gasteiger partial charge in [0, 0.05) is 29.4 Å². The molecule has 5 rings (SSSR count). The highest BCUT2D eigenvalue weighted by molar-refractivity contribution is 6.06. The fourth-order valence-corrected chi connectivity index (χ4v) is 4.98. The lowest BCUT2D eigenvalue weighted by atomic mass is 9.78. The summed E-state index contributed by atoms with van der Waals surface area (Å²) >= 11 is 0. The number of hydrogen-bond donors (Lipinski definition) is 0. The highest BCUT2D eigenvalue weighted by Crippen LogP contribution is 2.44. The summed E-state index contributed by atoms with van der Waals surface area (Å²) in [4.78, 5) is 13.6. The van der Waals surface area contributed by atoms with E-state index in [1.54, 1.807) is 12.1 Å².